The first-order valence-corrected chi connectivity index (χ1v) is 25.7. The van der Waals surface area contributed by atoms with Crippen molar-refractivity contribution >= 4 is 55.9 Å². The SMILES string of the molecule is [2H]c1c([2H])c([2H])c(-c2cccc(-c3c([2H])c([2H])c([2H])c([2H])c3[2H])c2-[n+]2[c-]n(-c3cc(Oc4ccc5c6ccccc6n(-c6cc(C(C)(C)C)ccn6)c5c4)cc(-c4cc5c6c(c4)Oc4ccccc4B6c4ccccc4O5)c3)c3ccccc32)c([2H])c1[2H]. The Balaban J connectivity index is 0.975. The molecule has 0 aliphatic carbocycles. The van der Waals surface area contributed by atoms with Gasteiger partial charge in [-0.2, -0.15) is 0 Å². The average Bonchev–Trinajstić information content (AvgIpc) is 1.01. The van der Waals surface area contributed by atoms with Gasteiger partial charge in [0.1, 0.15) is 40.3 Å². The molecule has 0 radical (unpaired) electrons. The molecule has 0 unspecified atom stereocenters. The highest BCUT2D eigenvalue weighted by Gasteiger charge is 2.40. The number of hydrogen-bond acceptors (Lipinski definition) is 4. The van der Waals surface area contributed by atoms with Gasteiger partial charge in [0.05, 0.1) is 47.1 Å². The van der Waals surface area contributed by atoms with E-state index < -0.39 is 60.4 Å². The van der Waals surface area contributed by atoms with Crippen molar-refractivity contribution in [3.63, 3.8) is 0 Å². The smallest absolute Gasteiger partial charge is 0.269 e. The molecule has 0 saturated carbocycles. The van der Waals surface area contributed by atoms with Crippen LogP contribution in [-0.2, 0) is 5.41 Å². The van der Waals surface area contributed by atoms with E-state index in [0.717, 1.165) is 66.6 Å². The number of benzene rings is 10. The van der Waals surface area contributed by atoms with Crippen molar-refractivity contribution in [1.82, 2.24) is 14.1 Å². The third kappa shape index (κ3) is 7.51. The van der Waals surface area contributed by atoms with E-state index in [2.05, 4.69) is 68.1 Å². The van der Waals surface area contributed by atoms with E-state index in [-0.39, 0.29) is 40.1 Å². The van der Waals surface area contributed by atoms with Crippen LogP contribution in [0.3, 0.4) is 0 Å². The number of aromatic nitrogens is 4. The van der Waals surface area contributed by atoms with Gasteiger partial charge < -0.3 is 14.2 Å². The highest BCUT2D eigenvalue weighted by Crippen LogP contribution is 2.42. The molecule has 0 spiro atoms. The molecule has 5 heterocycles. The molecule has 0 amide bonds. The Morgan fingerprint density at radius 2 is 1.15 bits per heavy atom. The van der Waals surface area contributed by atoms with Crippen LogP contribution in [0.2, 0.25) is 0 Å². The lowest BCUT2D eigenvalue weighted by Gasteiger charge is -2.33. The third-order valence-electron chi connectivity index (χ3n) is 14.9. The summed E-state index contributed by atoms with van der Waals surface area (Å²) in [5.74, 6) is 4.44. The van der Waals surface area contributed by atoms with Crippen LogP contribution in [0.1, 0.15) is 40.0 Å². The topological polar surface area (TPSA) is 54.3 Å². The van der Waals surface area contributed by atoms with E-state index in [0.29, 0.717) is 45.3 Å². The molecule has 13 aromatic rings. The fraction of sp³-hybridized carbons (Fsp3) is 0.0571. The van der Waals surface area contributed by atoms with Crippen molar-refractivity contribution in [3.05, 3.63) is 254 Å². The molecule has 0 saturated heterocycles. The number of rotatable bonds is 8. The van der Waals surface area contributed by atoms with Gasteiger partial charge >= 0.3 is 0 Å². The van der Waals surface area contributed by atoms with Crippen LogP contribution >= 0.6 is 0 Å². The molecule has 0 fully saturated rings. The summed E-state index contributed by atoms with van der Waals surface area (Å²) in [4.78, 5) is 4.92. The van der Waals surface area contributed by atoms with Gasteiger partial charge in [-0.25, -0.2) is 4.98 Å². The minimum Gasteiger partial charge on any atom is -0.458 e. The van der Waals surface area contributed by atoms with E-state index in [4.69, 9.17) is 27.4 Å². The summed E-state index contributed by atoms with van der Waals surface area (Å²) in [6.45, 7) is 6.38. The molecule has 2 aliphatic heterocycles. The summed E-state index contributed by atoms with van der Waals surface area (Å²) in [7, 11) is 0. The number of hydrogen-bond donors (Lipinski definition) is 0. The third-order valence-corrected chi connectivity index (χ3v) is 14.9. The van der Waals surface area contributed by atoms with Crippen molar-refractivity contribution in [2.45, 2.75) is 26.2 Å². The number of ether oxygens (including phenoxy) is 3. The van der Waals surface area contributed by atoms with E-state index in [9.17, 15) is 5.48 Å². The van der Waals surface area contributed by atoms with E-state index in [1.807, 2.05) is 132 Å². The molecule has 78 heavy (non-hydrogen) atoms. The second-order valence-electron chi connectivity index (χ2n) is 20.6. The van der Waals surface area contributed by atoms with Crippen LogP contribution in [0.4, 0.5) is 0 Å². The first kappa shape index (κ1) is 36.1. The van der Waals surface area contributed by atoms with Crippen LogP contribution in [0, 0.1) is 6.33 Å². The lowest BCUT2D eigenvalue weighted by Crippen LogP contribution is -2.57. The van der Waals surface area contributed by atoms with Crippen LogP contribution in [-0.4, -0.2) is 20.8 Å². The van der Waals surface area contributed by atoms with Gasteiger partial charge in [0, 0.05) is 28.5 Å². The molecule has 0 atom stereocenters. The van der Waals surface area contributed by atoms with Gasteiger partial charge in [0.25, 0.3) is 13.0 Å². The maximum Gasteiger partial charge on any atom is 0.269 e. The first-order chi connectivity index (χ1) is 42.4. The lowest BCUT2D eigenvalue weighted by atomic mass is 9.35. The van der Waals surface area contributed by atoms with Gasteiger partial charge in [-0.15, -0.1) is 0 Å². The summed E-state index contributed by atoms with van der Waals surface area (Å²) < 4.78 is 116. The van der Waals surface area contributed by atoms with E-state index in [1.165, 1.54) is 0 Å². The Kier molecular flexibility index (Phi) is 8.27. The largest absolute Gasteiger partial charge is 0.458 e. The summed E-state index contributed by atoms with van der Waals surface area (Å²) >= 11 is 0. The number of pyridine rings is 1. The zero-order valence-electron chi connectivity index (χ0n) is 52.4. The molecule has 0 bridgehead atoms. The Morgan fingerprint density at radius 3 is 1.85 bits per heavy atom. The van der Waals surface area contributed by atoms with Crippen LogP contribution in [0.5, 0.6) is 34.5 Å². The Hall–Kier alpha value is -9.92. The van der Waals surface area contributed by atoms with Crippen molar-refractivity contribution in [3.8, 4) is 85.1 Å². The maximum absolute atomic E-state index is 9.25. The second-order valence-corrected chi connectivity index (χ2v) is 20.6. The minimum absolute atomic E-state index is 0.126. The molecule has 7 nitrogen and oxygen atoms in total. The zero-order valence-corrected chi connectivity index (χ0v) is 42.4. The number of fused-ring (bicyclic) bond motifs is 8. The Morgan fingerprint density at radius 1 is 0.538 bits per heavy atom. The maximum atomic E-state index is 9.25. The van der Waals surface area contributed by atoms with Gasteiger partial charge in [-0.3, -0.25) is 13.7 Å². The number of nitrogens with zero attached hydrogens (tertiary/aromatic N) is 4. The van der Waals surface area contributed by atoms with Gasteiger partial charge in [0.15, 0.2) is 0 Å². The Labute approximate surface area is 466 Å². The highest BCUT2D eigenvalue weighted by molar-refractivity contribution is 6.98. The van der Waals surface area contributed by atoms with Crippen molar-refractivity contribution < 1.29 is 32.5 Å². The minimum atomic E-state index is -0.586. The monoisotopic (exact) mass is 1010 g/mol. The molecule has 3 aromatic heterocycles. The van der Waals surface area contributed by atoms with Gasteiger partial charge in [0.2, 0.25) is 0 Å². The highest BCUT2D eigenvalue weighted by atomic mass is 16.5. The zero-order chi connectivity index (χ0) is 60.8. The molecule has 2 aliphatic rings. The fourth-order valence-electron chi connectivity index (χ4n) is 11.3. The molecule has 15 rings (SSSR count). The second kappa shape index (κ2) is 17.9. The molecule has 0 N–H and O–H groups in total. The number of imidazole rings is 1. The summed E-state index contributed by atoms with van der Waals surface area (Å²) in [5, 5.41) is 2.06. The summed E-state index contributed by atoms with van der Waals surface area (Å²) in [6.07, 6.45) is 5.42. The predicted octanol–water partition coefficient (Wildman–Crippen LogP) is 15.0. The fourth-order valence-corrected chi connectivity index (χ4v) is 11.3. The molecular formula is C70H49BN4O3. The van der Waals surface area contributed by atoms with E-state index >= 15 is 0 Å². The number of para-hydroxylation sites is 6. The normalized spacial score (nSPS) is 14.3. The summed E-state index contributed by atoms with van der Waals surface area (Å²) in [5.41, 5.74) is 8.97. The molecule has 8 heteroatoms. The average molecular weight is 1020 g/mol. The van der Waals surface area contributed by atoms with Crippen molar-refractivity contribution in [2.24, 2.45) is 0 Å². The molecule has 10 aromatic carbocycles. The van der Waals surface area contributed by atoms with Crippen LogP contribution < -0.4 is 35.2 Å². The van der Waals surface area contributed by atoms with E-state index in [1.54, 1.807) is 22.8 Å². The first-order valence-electron chi connectivity index (χ1n) is 30.7. The molecular weight excluding hydrogens is 956 g/mol. The van der Waals surface area contributed by atoms with Gasteiger partial charge in [-0.1, -0.05) is 178 Å². The summed E-state index contributed by atoms with van der Waals surface area (Å²) in [6, 6.07) is 51.2. The van der Waals surface area contributed by atoms with Crippen LogP contribution in [0.25, 0.3) is 83.4 Å². The quantitative estimate of drug-likeness (QED) is 0.0865. The molecule has 370 valence electrons. The predicted molar refractivity (Wildman–Crippen MR) is 315 cm³/mol. The van der Waals surface area contributed by atoms with Crippen molar-refractivity contribution in [1.29, 1.82) is 0 Å². The Bertz CT molecular complexity index is 4960. The van der Waals surface area contributed by atoms with Crippen LogP contribution in [0.15, 0.2) is 243 Å². The lowest BCUT2D eigenvalue weighted by molar-refractivity contribution is -0.571. The van der Waals surface area contributed by atoms with Gasteiger partial charge in [-0.05, 0) is 128 Å². The van der Waals surface area contributed by atoms with Crippen molar-refractivity contribution in [2.75, 3.05) is 0 Å². The standard InChI is InChI=1S/C70H49BN4O3/c1-70(2,3)49-35-36-72-67(41-49)75-59-28-13-10-23-55(59)56-34-33-51(43-62(56)75)76-52-38-47(48-39-65-68-66(40-48)78-64-32-17-12-27-58(64)71(68)57-26-11-16-31-63(57)77-65)37-50(42-52)73-44-74(61-30-15-14-29-60(61)73)69-53(45-19-6-4-7-20-45)24-18-25-54(69)46-21-8-5-9-22-46/h4-43H,1-3H3/i4D,5D,6D,7D,8D,9D,19D,20D,21D,22D.